The Labute approximate surface area is 186 Å². The van der Waals surface area contributed by atoms with Crippen LogP contribution in [0.25, 0.3) is 0 Å². The van der Waals surface area contributed by atoms with Gasteiger partial charge in [-0.2, -0.15) is 0 Å². The van der Waals surface area contributed by atoms with Crippen molar-refractivity contribution in [3.05, 3.63) is 11.6 Å². The predicted molar refractivity (Wildman–Crippen MR) is 116 cm³/mol. The second-order valence-corrected chi connectivity index (χ2v) is 11.5. The molecule has 1 N–H and O–H groups in total. The number of rotatable bonds is 4. The van der Waals surface area contributed by atoms with Crippen molar-refractivity contribution in [1.82, 2.24) is 0 Å². The van der Waals surface area contributed by atoms with E-state index in [9.17, 15) is 9.90 Å². The molecule has 176 valence electrons. The van der Waals surface area contributed by atoms with E-state index in [-0.39, 0.29) is 35.6 Å². The van der Waals surface area contributed by atoms with E-state index in [1.165, 1.54) is 5.57 Å². The standard InChI is InChI=1S/C25H40O6/c1-8-28-18(26)14-25(27)12-10-23(6)9-11-24(7)16(13-17(23)29-25)20-21(19(24)15(2)3)31-22(4,5)30-20/h13,15,17,19-21,27H,8-12,14H2,1-7H3/t17-,19-,20+,21-,23+,24-,25?/m0/s1. The Bertz CT molecular complexity index is 759. The van der Waals surface area contributed by atoms with Gasteiger partial charge in [-0.3, -0.25) is 4.79 Å². The highest BCUT2D eigenvalue weighted by atomic mass is 16.8. The number of aliphatic hydroxyl groups is 1. The molecular formula is C25H40O6. The quantitative estimate of drug-likeness (QED) is 0.522. The first-order valence-electron chi connectivity index (χ1n) is 12.0. The fourth-order valence-electron chi connectivity index (χ4n) is 6.72. The van der Waals surface area contributed by atoms with E-state index in [4.69, 9.17) is 18.9 Å². The van der Waals surface area contributed by atoms with E-state index in [2.05, 4.69) is 33.8 Å². The van der Waals surface area contributed by atoms with Gasteiger partial charge in [-0.05, 0) is 68.3 Å². The van der Waals surface area contributed by atoms with Crippen LogP contribution in [0.3, 0.4) is 0 Å². The molecule has 0 aromatic carbocycles. The first kappa shape index (κ1) is 23.2. The zero-order valence-corrected chi connectivity index (χ0v) is 20.2. The summed E-state index contributed by atoms with van der Waals surface area (Å²) in [6.45, 7) is 15.2. The number of ether oxygens (including phenoxy) is 4. The summed E-state index contributed by atoms with van der Waals surface area (Å²) in [6, 6.07) is 0. The van der Waals surface area contributed by atoms with Gasteiger partial charge in [0.25, 0.3) is 0 Å². The molecular weight excluding hydrogens is 396 g/mol. The third kappa shape index (κ3) is 3.88. The molecule has 0 aromatic rings. The minimum absolute atomic E-state index is 0.0256. The minimum atomic E-state index is -1.49. The highest BCUT2D eigenvalue weighted by Crippen LogP contribution is 2.62. The van der Waals surface area contributed by atoms with Gasteiger partial charge in [-0.1, -0.05) is 33.8 Å². The lowest BCUT2D eigenvalue weighted by atomic mass is 9.67. The van der Waals surface area contributed by atoms with Crippen LogP contribution in [0.5, 0.6) is 0 Å². The van der Waals surface area contributed by atoms with E-state index < -0.39 is 17.5 Å². The van der Waals surface area contributed by atoms with E-state index in [0.717, 1.165) is 19.3 Å². The number of hydrogen-bond donors (Lipinski definition) is 1. The molecule has 2 saturated heterocycles. The Morgan fingerprint density at radius 2 is 1.81 bits per heavy atom. The summed E-state index contributed by atoms with van der Waals surface area (Å²) in [4.78, 5) is 12.1. The summed E-state index contributed by atoms with van der Waals surface area (Å²) in [7, 11) is 0. The maximum Gasteiger partial charge on any atom is 0.311 e. The number of carbonyl (C=O) groups excluding carboxylic acids is 1. The van der Waals surface area contributed by atoms with Crippen LogP contribution >= 0.6 is 0 Å². The second-order valence-electron chi connectivity index (χ2n) is 11.5. The van der Waals surface area contributed by atoms with Gasteiger partial charge in [0, 0.05) is 6.42 Å². The summed E-state index contributed by atoms with van der Waals surface area (Å²) < 4.78 is 24.2. The fourth-order valence-corrected chi connectivity index (χ4v) is 6.72. The normalized spacial score (nSPS) is 46.0. The van der Waals surface area contributed by atoms with Gasteiger partial charge in [0.2, 0.25) is 0 Å². The summed E-state index contributed by atoms with van der Waals surface area (Å²) in [5, 5.41) is 11.1. The van der Waals surface area contributed by atoms with Crippen LogP contribution in [0.15, 0.2) is 11.6 Å². The van der Waals surface area contributed by atoms with Crippen LogP contribution < -0.4 is 0 Å². The monoisotopic (exact) mass is 436 g/mol. The van der Waals surface area contributed by atoms with Crippen molar-refractivity contribution in [2.24, 2.45) is 22.7 Å². The zero-order valence-electron chi connectivity index (χ0n) is 20.2. The summed E-state index contributed by atoms with van der Waals surface area (Å²) in [5.74, 6) is -1.72. The molecule has 7 atom stereocenters. The Morgan fingerprint density at radius 1 is 1.13 bits per heavy atom. The average molecular weight is 437 g/mol. The highest BCUT2D eigenvalue weighted by molar-refractivity contribution is 5.70. The molecule has 2 aliphatic heterocycles. The summed E-state index contributed by atoms with van der Waals surface area (Å²) >= 11 is 0. The third-order valence-electron chi connectivity index (χ3n) is 8.30. The lowest BCUT2D eigenvalue weighted by Gasteiger charge is -2.47. The smallest absolute Gasteiger partial charge is 0.311 e. The lowest BCUT2D eigenvalue weighted by molar-refractivity contribution is -0.275. The SMILES string of the molecule is CCOC(=O)CC1(O)CC[C@@]2(C)CC[C@@]3(C)C(=C[C@@H]2O1)[C@H]1OC(C)(C)O[C@H]1[C@@H]3C(C)C. The predicted octanol–water partition coefficient (Wildman–Crippen LogP) is 4.35. The first-order valence-corrected chi connectivity index (χ1v) is 12.0. The van der Waals surface area contributed by atoms with Crippen molar-refractivity contribution in [2.75, 3.05) is 6.61 Å². The van der Waals surface area contributed by atoms with Gasteiger partial charge < -0.3 is 24.1 Å². The van der Waals surface area contributed by atoms with Crippen LogP contribution in [-0.4, -0.2) is 47.6 Å². The molecule has 6 nitrogen and oxygen atoms in total. The van der Waals surface area contributed by atoms with Crippen molar-refractivity contribution in [2.45, 2.75) is 110 Å². The molecule has 3 fully saturated rings. The first-order chi connectivity index (χ1) is 14.3. The molecule has 1 saturated carbocycles. The Morgan fingerprint density at radius 3 is 2.45 bits per heavy atom. The van der Waals surface area contributed by atoms with Gasteiger partial charge in [0.05, 0.1) is 25.2 Å². The molecule has 6 heteroatoms. The molecule has 1 unspecified atom stereocenters. The van der Waals surface area contributed by atoms with Crippen molar-refractivity contribution in [1.29, 1.82) is 0 Å². The van der Waals surface area contributed by atoms with Gasteiger partial charge >= 0.3 is 5.97 Å². The van der Waals surface area contributed by atoms with Crippen molar-refractivity contribution < 1.29 is 28.8 Å². The maximum absolute atomic E-state index is 12.1. The Kier molecular flexibility index (Phi) is 5.65. The minimum Gasteiger partial charge on any atom is -0.466 e. The van der Waals surface area contributed by atoms with E-state index in [1.807, 2.05) is 13.8 Å². The summed E-state index contributed by atoms with van der Waals surface area (Å²) in [5.41, 5.74) is 1.12. The highest BCUT2D eigenvalue weighted by Gasteiger charge is 2.63. The van der Waals surface area contributed by atoms with Crippen LogP contribution in [0.4, 0.5) is 0 Å². The molecule has 2 heterocycles. The zero-order chi connectivity index (χ0) is 22.8. The molecule has 0 amide bonds. The number of fused-ring (bicyclic) bond motifs is 4. The van der Waals surface area contributed by atoms with E-state index in [1.54, 1.807) is 6.92 Å². The molecule has 0 radical (unpaired) electrons. The number of hydrogen-bond acceptors (Lipinski definition) is 6. The topological polar surface area (TPSA) is 74.2 Å². The molecule has 4 rings (SSSR count). The number of esters is 1. The van der Waals surface area contributed by atoms with E-state index in [0.29, 0.717) is 24.9 Å². The van der Waals surface area contributed by atoms with Gasteiger partial charge in [0.1, 0.15) is 6.10 Å². The lowest BCUT2D eigenvalue weighted by Crippen LogP contribution is -2.50. The maximum atomic E-state index is 12.1. The third-order valence-corrected chi connectivity index (χ3v) is 8.30. The fraction of sp³-hybridized carbons (Fsp3) is 0.880. The summed E-state index contributed by atoms with van der Waals surface area (Å²) in [6.07, 6.45) is 4.99. The molecule has 0 aromatic heterocycles. The molecule has 0 bridgehead atoms. The van der Waals surface area contributed by atoms with Gasteiger partial charge in [0.15, 0.2) is 11.6 Å². The second kappa shape index (κ2) is 7.54. The van der Waals surface area contributed by atoms with Crippen LogP contribution in [0.2, 0.25) is 0 Å². The van der Waals surface area contributed by atoms with Crippen LogP contribution in [0, 0.1) is 22.7 Å². The Balaban J connectivity index is 1.69. The van der Waals surface area contributed by atoms with Crippen LogP contribution in [-0.2, 0) is 23.7 Å². The van der Waals surface area contributed by atoms with Crippen molar-refractivity contribution >= 4 is 5.97 Å². The van der Waals surface area contributed by atoms with Gasteiger partial charge in [-0.15, -0.1) is 0 Å². The van der Waals surface area contributed by atoms with Crippen molar-refractivity contribution in [3.8, 4) is 0 Å². The van der Waals surface area contributed by atoms with Crippen LogP contribution in [0.1, 0.15) is 80.6 Å². The van der Waals surface area contributed by atoms with Crippen molar-refractivity contribution in [3.63, 3.8) is 0 Å². The molecule has 4 aliphatic rings. The molecule has 31 heavy (non-hydrogen) atoms. The Hall–Kier alpha value is -0.950. The largest absolute Gasteiger partial charge is 0.466 e. The number of carbonyl (C=O) groups is 1. The van der Waals surface area contributed by atoms with Gasteiger partial charge in [-0.25, -0.2) is 0 Å². The van der Waals surface area contributed by atoms with E-state index >= 15 is 0 Å². The molecule has 0 spiro atoms. The molecule has 2 aliphatic carbocycles. The average Bonchev–Trinajstić information content (AvgIpc) is 3.01.